The van der Waals surface area contributed by atoms with Crippen molar-refractivity contribution in [2.75, 3.05) is 33.9 Å². The first-order valence-corrected chi connectivity index (χ1v) is 6.00. The monoisotopic (exact) mass is 244 g/mol. The van der Waals surface area contributed by atoms with Crippen molar-refractivity contribution in [3.8, 4) is 0 Å². The van der Waals surface area contributed by atoms with Gasteiger partial charge in [0.1, 0.15) is 5.60 Å². The number of hydrogen-bond acceptors (Lipinski definition) is 4. The van der Waals surface area contributed by atoms with Crippen LogP contribution in [-0.2, 0) is 9.47 Å². The Labute approximate surface area is 103 Å². The van der Waals surface area contributed by atoms with E-state index in [0.29, 0.717) is 12.5 Å². The molecule has 1 amide bonds. The molecule has 1 fully saturated rings. The Morgan fingerprint density at radius 2 is 2.06 bits per heavy atom. The molecule has 100 valence electrons. The van der Waals surface area contributed by atoms with E-state index in [1.165, 1.54) is 0 Å². The van der Waals surface area contributed by atoms with E-state index in [9.17, 15) is 4.79 Å². The van der Waals surface area contributed by atoms with Gasteiger partial charge in [-0.1, -0.05) is 0 Å². The molecule has 5 heteroatoms. The van der Waals surface area contributed by atoms with Gasteiger partial charge in [0.2, 0.25) is 0 Å². The van der Waals surface area contributed by atoms with Crippen molar-refractivity contribution in [1.29, 1.82) is 0 Å². The molecule has 0 spiro atoms. The standard InChI is InChI=1S/C12H24N2O3/c1-12(2,3)17-11(15)14(4)10-7-13-6-9(10)8-16-5/h9-10,13H,6-8H2,1-5H3/t9-,10?/m1/s1. The van der Waals surface area contributed by atoms with Crippen LogP contribution in [0.5, 0.6) is 0 Å². The number of hydrogen-bond donors (Lipinski definition) is 1. The predicted octanol–water partition coefficient (Wildman–Crippen LogP) is 1.09. The number of methoxy groups -OCH3 is 1. The van der Waals surface area contributed by atoms with Crippen LogP contribution in [0.4, 0.5) is 4.79 Å². The van der Waals surface area contributed by atoms with Crippen molar-refractivity contribution in [2.24, 2.45) is 5.92 Å². The van der Waals surface area contributed by atoms with Crippen molar-refractivity contribution < 1.29 is 14.3 Å². The van der Waals surface area contributed by atoms with Gasteiger partial charge in [-0.15, -0.1) is 0 Å². The summed E-state index contributed by atoms with van der Waals surface area (Å²) in [4.78, 5) is 13.6. The molecule has 1 unspecified atom stereocenters. The van der Waals surface area contributed by atoms with E-state index in [1.807, 2.05) is 20.8 Å². The molecule has 0 saturated carbocycles. The summed E-state index contributed by atoms with van der Waals surface area (Å²) in [5.41, 5.74) is -0.450. The van der Waals surface area contributed by atoms with Crippen molar-refractivity contribution in [2.45, 2.75) is 32.4 Å². The zero-order valence-corrected chi connectivity index (χ0v) is 11.4. The molecular weight excluding hydrogens is 220 g/mol. The average molecular weight is 244 g/mol. The summed E-state index contributed by atoms with van der Waals surface area (Å²) in [6, 6.07) is 0.143. The van der Waals surface area contributed by atoms with Gasteiger partial charge in [-0.3, -0.25) is 0 Å². The number of nitrogens with zero attached hydrogens (tertiary/aromatic N) is 1. The molecule has 0 aromatic rings. The molecule has 0 bridgehead atoms. The van der Waals surface area contributed by atoms with Crippen molar-refractivity contribution >= 4 is 6.09 Å². The fraction of sp³-hybridized carbons (Fsp3) is 0.917. The van der Waals surface area contributed by atoms with E-state index < -0.39 is 5.60 Å². The number of likely N-dealkylation sites (N-methyl/N-ethyl adjacent to an activating group) is 1. The van der Waals surface area contributed by atoms with Crippen LogP contribution in [0.2, 0.25) is 0 Å². The maximum atomic E-state index is 11.9. The summed E-state index contributed by atoms with van der Waals surface area (Å²) in [6.07, 6.45) is -0.271. The van der Waals surface area contributed by atoms with Gasteiger partial charge in [-0.2, -0.15) is 0 Å². The van der Waals surface area contributed by atoms with Crippen molar-refractivity contribution in [3.05, 3.63) is 0 Å². The van der Waals surface area contributed by atoms with Crippen LogP contribution >= 0.6 is 0 Å². The van der Waals surface area contributed by atoms with Gasteiger partial charge in [0.25, 0.3) is 0 Å². The van der Waals surface area contributed by atoms with Crippen LogP contribution in [-0.4, -0.2) is 56.5 Å². The van der Waals surface area contributed by atoms with Gasteiger partial charge in [-0.05, 0) is 20.8 Å². The van der Waals surface area contributed by atoms with Crippen LogP contribution in [0.15, 0.2) is 0 Å². The Kier molecular flexibility index (Phi) is 4.77. The second-order valence-electron chi connectivity index (χ2n) is 5.53. The molecule has 1 rings (SSSR count). The molecule has 0 radical (unpaired) electrons. The highest BCUT2D eigenvalue weighted by atomic mass is 16.6. The first-order valence-electron chi connectivity index (χ1n) is 6.00. The minimum atomic E-state index is -0.450. The lowest BCUT2D eigenvalue weighted by molar-refractivity contribution is 0.0161. The molecule has 1 heterocycles. The third-order valence-electron chi connectivity index (χ3n) is 2.86. The van der Waals surface area contributed by atoms with Crippen LogP contribution in [0.3, 0.4) is 0 Å². The third kappa shape index (κ3) is 4.16. The Morgan fingerprint density at radius 1 is 1.41 bits per heavy atom. The Hall–Kier alpha value is -0.810. The van der Waals surface area contributed by atoms with Gasteiger partial charge in [0, 0.05) is 33.2 Å². The largest absolute Gasteiger partial charge is 0.444 e. The van der Waals surface area contributed by atoms with E-state index >= 15 is 0 Å². The zero-order chi connectivity index (χ0) is 13.1. The SMILES string of the molecule is COC[C@H]1CNCC1N(C)C(=O)OC(C)(C)C. The number of carbonyl (C=O) groups excluding carboxylic acids is 1. The van der Waals surface area contributed by atoms with Gasteiger partial charge >= 0.3 is 6.09 Å². The summed E-state index contributed by atoms with van der Waals surface area (Å²) < 4.78 is 10.5. The molecule has 2 atom stereocenters. The first kappa shape index (κ1) is 14.3. The minimum absolute atomic E-state index is 0.143. The van der Waals surface area contributed by atoms with E-state index in [-0.39, 0.29) is 12.1 Å². The van der Waals surface area contributed by atoms with Crippen molar-refractivity contribution in [3.63, 3.8) is 0 Å². The number of ether oxygens (including phenoxy) is 2. The van der Waals surface area contributed by atoms with E-state index in [4.69, 9.17) is 9.47 Å². The number of nitrogens with one attached hydrogen (secondary N) is 1. The topological polar surface area (TPSA) is 50.8 Å². The van der Waals surface area contributed by atoms with Gasteiger partial charge < -0.3 is 19.7 Å². The molecule has 0 aromatic carbocycles. The average Bonchev–Trinajstić information content (AvgIpc) is 2.62. The summed E-state index contributed by atoms with van der Waals surface area (Å²) in [5, 5.41) is 3.28. The predicted molar refractivity (Wildman–Crippen MR) is 66.0 cm³/mol. The second-order valence-corrected chi connectivity index (χ2v) is 5.53. The Balaban J connectivity index is 2.56. The Morgan fingerprint density at radius 3 is 2.59 bits per heavy atom. The van der Waals surface area contributed by atoms with Crippen LogP contribution in [0, 0.1) is 5.92 Å². The number of amides is 1. The molecule has 17 heavy (non-hydrogen) atoms. The highest BCUT2D eigenvalue weighted by molar-refractivity contribution is 5.68. The third-order valence-corrected chi connectivity index (χ3v) is 2.86. The fourth-order valence-corrected chi connectivity index (χ4v) is 2.03. The normalized spacial score (nSPS) is 24.8. The zero-order valence-electron chi connectivity index (χ0n) is 11.4. The summed E-state index contributed by atoms with van der Waals surface area (Å²) in [7, 11) is 3.47. The van der Waals surface area contributed by atoms with Gasteiger partial charge in [0.15, 0.2) is 0 Å². The molecule has 1 N–H and O–H groups in total. The molecule has 1 aliphatic heterocycles. The fourth-order valence-electron chi connectivity index (χ4n) is 2.03. The quantitative estimate of drug-likeness (QED) is 0.807. The smallest absolute Gasteiger partial charge is 0.410 e. The molecule has 0 aromatic heterocycles. The van der Waals surface area contributed by atoms with Gasteiger partial charge in [-0.25, -0.2) is 4.79 Å². The molecule has 1 aliphatic rings. The lowest BCUT2D eigenvalue weighted by atomic mass is 10.0. The molecule has 1 saturated heterocycles. The van der Waals surface area contributed by atoms with Crippen LogP contribution in [0.1, 0.15) is 20.8 Å². The van der Waals surface area contributed by atoms with Crippen LogP contribution < -0.4 is 5.32 Å². The first-order chi connectivity index (χ1) is 7.85. The Bertz CT molecular complexity index is 263. The lowest BCUT2D eigenvalue weighted by Crippen LogP contribution is -2.45. The van der Waals surface area contributed by atoms with E-state index in [2.05, 4.69) is 5.32 Å². The van der Waals surface area contributed by atoms with Crippen LogP contribution in [0.25, 0.3) is 0 Å². The van der Waals surface area contributed by atoms with E-state index in [0.717, 1.165) is 13.1 Å². The summed E-state index contributed by atoms with van der Waals surface area (Å²) in [5.74, 6) is 0.331. The minimum Gasteiger partial charge on any atom is -0.444 e. The maximum absolute atomic E-state index is 11.9. The van der Waals surface area contributed by atoms with Crippen molar-refractivity contribution in [1.82, 2.24) is 10.2 Å². The maximum Gasteiger partial charge on any atom is 0.410 e. The van der Waals surface area contributed by atoms with Gasteiger partial charge in [0.05, 0.1) is 12.6 Å². The summed E-state index contributed by atoms with van der Waals surface area (Å²) in [6.45, 7) is 7.95. The van der Waals surface area contributed by atoms with E-state index in [1.54, 1.807) is 19.1 Å². The molecular formula is C12H24N2O3. The number of rotatable bonds is 3. The highest BCUT2D eigenvalue weighted by Gasteiger charge is 2.34. The number of carbonyl (C=O) groups is 1. The lowest BCUT2D eigenvalue weighted by Gasteiger charge is -2.31. The molecule has 0 aliphatic carbocycles. The highest BCUT2D eigenvalue weighted by Crippen LogP contribution is 2.18. The second kappa shape index (κ2) is 5.69. The molecule has 5 nitrogen and oxygen atoms in total. The summed E-state index contributed by atoms with van der Waals surface area (Å²) >= 11 is 0.